The van der Waals surface area contributed by atoms with Gasteiger partial charge in [0.2, 0.25) is 10.0 Å². The van der Waals surface area contributed by atoms with Crippen LogP contribution in [0.2, 0.25) is 0 Å². The van der Waals surface area contributed by atoms with Gasteiger partial charge in [0, 0.05) is 18.6 Å². The maximum Gasteiger partial charge on any atom is 0.247 e. The zero-order valence-electron chi connectivity index (χ0n) is 13.3. The van der Waals surface area contributed by atoms with Crippen molar-refractivity contribution in [2.75, 3.05) is 6.54 Å². The summed E-state index contributed by atoms with van der Waals surface area (Å²) in [5.74, 6) is 0. The van der Waals surface area contributed by atoms with E-state index in [-0.39, 0.29) is 12.1 Å². The molecule has 2 heterocycles. The molecule has 1 aromatic heterocycles. The number of rotatable bonds is 5. The van der Waals surface area contributed by atoms with Gasteiger partial charge in [-0.1, -0.05) is 13.3 Å². The van der Waals surface area contributed by atoms with Crippen molar-refractivity contribution in [3.8, 4) is 0 Å². The van der Waals surface area contributed by atoms with E-state index >= 15 is 0 Å². The first-order chi connectivity index (χ1) is 9.89. The second-order valence-corrected chi connectivity index (χ2v) is 7.65. The zero-order chi connectivity index (χ0) is 15.6. The molecule has 1 fully saturated rings. The Morgan fingerprint density at radius 1 is 1.33 bits per heavy atom. The number of aryl methyl sites for hydroxylation is 1. The molecule has 2 rings (SSSR count). The normalized spacial score (nSPS) is 24.4. The monoisotopic (exact) mass is 314 g/mol. The Bertz CT molecular complexity index is 572. The highest BCUT2D eigenvalue weighted by atomic mass is 32.2. The van der Waals surface area contributed by atoms with Gasteiger partial charge in [0.05, 0.1) is 11.4 Å². The van der Waals surface area contributed by atoms with Crippen molar-refractivity contribution < 1.29 is 8.42 Å². The molecule has 1 saturated heterocycles. The van der Waals surface area contributed by atoms with Crippen LogP contribution >= 0.6 is 0 Å². The average molecular weight is 314 g/mol. The quantitative estimate of drug-likeness (QED) is 0.868. The minimum Gasteiger partial charge on any atom is -0.311 e. The molecule has 7 heteroatoms. The van der Waals surface area contributed by atoms with E-state index in [1.165, 1.54) is 0 Å². The highest BCUT2D eigenvalue weighted by Gasteiger charge is 2.38. The first-order valence-electron chi connectivity index (χ1n) is 7.67. The first kappa shape index (κ1) is 16.5. The van der Waals surface area contributed by atoms with Gasteiger partial charge >= 0.3 is 0 Å². The molecule has 0 radical (unpaired) electrons. The summed E-state index contributed by atoms with van der Waals surface area (Å²) in [6.07, 6.45) is 2.93. The van der Waals surface area contributed by atoms with E-state index in [9.17, 15) is 8.42 Å². The van der Waals surface area contributed by atoms with Crippen LogP contribution < -0.4 is 5.32 Å². The summed E-state index contributed by atoms with van der Waals surface area (Å²) in [5.41, 5.74) is 1.20. The summed E-state index contributed by atoms with van der Waals surface area (Å²) < 4.78 is 27.9. The molecule has 2 N–H and O–H groups in total. The Balaban J connectivity index is 2.41. The second-order valence-electron chi connectivity index (χ2n) is 5.87. The third kappa shape index (κ3) is 3.14. The molecule has 120 valence electrons. The lowest BCUT2D eigenvalue weighted by Crippen LogP contribution is -2.47. The van der Waals surface area contributed by atoms with E-state index in [4.69, 9.17) is 0 Å². The largest absolute Gasteiger partial charge is 0.311 e. The predicted molar refractivity (Wildman–Crippen MR) is 82.5 cm³/mol. The number of nitrogens with zero attached hydrogens (tertiary/aromatic N) is 2. The van der Waals surface area contributed by atoms with E-state index in [0.717, 1.165) is 25.8 Å². The Morgan fingerprint density at radius 2 is 1.95 bits per heavy atom. The highest BCUT2D eigenvalue weighted by molar-refractivity contribution is 7.89. The fourth-order valence-corrected chi connectivity index (χ4v) is 5.37. The molecule has 0 amide bonds. The SMILES string of the molecule is CCNCc1n[nH]c(C)c1S(=O)(=O)N1[C@H](C)CCC[C@@H]1C. The summed E-state index contributed by atoms with van der Waals surface area (Å²) in [7, 11) is -3.51. The van der Waals surface area contributed by atoms with Crippen LogP contribution in [0.1, 0.15) is 51.4 Å². The van der Waals surface area contributed by atoms with Crippen molar-refractivity contribution in [2.45, 2.75) is 70.5 Å². The lowest BCUT2D eigenvalue weighted by Gasteiger charge is -2.37. The molecule has 0 unspecified atom stereocenters. The molecule has 1 aliphatic heterocycles. The van der Waals surface area contributed by atoms with Crippen LogP contribution in [0.15, 0.2) is 4.90 Å². The molecule has 0 aliphatic carbocycles. The summed E-state index contributed by atoms with van der Waals surface area (Å²) in [6.45, 7) is 8.99. The number of sulfonamides is 1. The molecule has 0 saturated carbocycles. The number of H-pyrrole nitrogens is 1. The van der Waals surface area contributed by atoms with E-state index in [1.54, 1.807) is 11.2 Å². The van der Waals surface area contributed by atoms with Crippen molar-refractivity contribution in [2.24, 2.45) is 0 Å². The maximum atomic E-state index is 13.1. The van der Waals surface area contributed by atoms with Crippen LogP contribution in [0.3, 0.4) is 0 Å². The van der Waals surface area contributed by atoms with Crippen molar-refractivity contribution in [1.82, 2.24) is 19.8 Å². The summed E-state index contributed by atoms with van der Waals surface area (Å²) in [5, 5.41) is 10.1. The van der Waals surface area contributed by atoms with Gasteiger partial charge in [-0.15, -0.1) is 0 Å². The van der Waals surface area contributed by atoms with Crippen molar-refractivity contribution in [3.63, 3.8) is 0 Å². The Hall–Kier alpha value is -0.920. The Kier molecular flexibility index (Phi) is 5.06. The Morgan fingerprint density at radius 3 is 2.52 bits per heavy atom. The zero-order valence-corrected chi connectivity index (χ0v) is 14.1. The second kappa shape index (κ2) is 6.46. The molecular formula is C14H26N4O2S. The van der Waals surface area contributed by atoms with E-state index in [0.29, 0.717) is 22.8 Å². The van der Waals surface area contributed by atoms with Crippen LogP contribution in [0.4, 0.5) is 0 Å². The first-order valence-corrected chi connectivity index (χ1v) is 9.11. The summed E-state index contributed by atoms with van der Waals surface area (Å²) in [4.78, 5) is 0.351. The standard InChI is InChI=1S/C14H26N4O2S/c1-5-15-9-13-14(12(4)16-17-13)21(19,20)18-10(2)7-6-8-11(18)3/h10-11,15H,5-9H2,1-4H3,(H,16,17)/t10-,11+. The molecule has 1 aliphatic rings. The predicted octanol–water partition coefficient (Wildman–Crippen LogP) is 1.78. The fraction of sp³-hybridized carbons (Fsp3) is 0.786. The van der Waals surface area contributed by atoms with Crippen molar-refractivity contribution >= 4 is 10.0 Å². The molecule has 0 bridgehead atoms. The van der Waals surface area contributed by atoms with Crippen LogP contribution in [0.25, 0.3) is 0 Å². The van der Waals surface area contributed by atoms with Gasteiger partial charge in [0.25, 0.3) is 0 Å². The van der Waals surface area contributed by atoms with E-state index in [1.807, 2.05) is 20.8 Å². The topological polar surface area (TPSA) is 78.1 Å². The number of hydrogen-bond acceptors (Lipinski definition) is 4. The number of aromatic nitrogens is 2. The van der Waals surface area contributed by atoms with E-state index < -0.39 is 10.0 Å². The van der Waals surface area contributed by atoms with Gasteiger partial charge in [0.15, 0.2) is 0 Å². The van der Waals surface area contributed by atoms with Gasteiger partial charge in [-0.2, -0.15) is 9.40 Å². The number of hydrogen-bond donors (Lipinski definition) is 2. The number of piperidine rings is 1. The molecule has 1 aromatic rings. The summed E-state index contributed by atoms with van der Waals surface area (Å²) in [6, 6.07) is 0.0834. The van der Waals surface area contributed by atoms with Gasteiger partial charge in [-0.05, 0) is 40.2 Å². The third-order valence-electron chi connectivity index (χ3n) is 4.15. The molecule has 21 heavy (non-hydrogen) atoms. The average Bonchev–Trinajstić information content (AvgIpc) is 2.77. The molecule has 0 spiro atoms. The van der Waals surface area contributed by atoms with E-state index in [2.05, 4.69) is 15.5 Å². The highest BCUT2D eigenvalue weighted by Crippen LogP contribution is 2.31. The third-order valence-corrected chi connectivity index (χ3v) is 6.48. The number of aromatic amines is 1. The van der Waals surface area contributed by atoms with Gasteiger partial charge in [-0.25, -0.2) is 8.42 Å². The maximum absolute atomic E-state index is 13.1. The number of nitrogens with one attached hydrogen (secondary N) is 2. The minimum absolute atomic E-state index is 0.0417. The van der Waals surface area contributed by atoms with Crippen LogP contribution in [-0.2, 0) is 16.6 Å². The van der Waals surface area contributed by atoms with Crippen LogP contribution in [0.5, 0.6) is 0 Å². The van der Waals surface area contributed by atoms with Crippen LogP contribution in [-0.4, -0.2) is 41.5 Å². The lowest BCUT2D eigenvalue weighted by molar-refractivity contribution is 0.204. The Labute approximate surface area is 127 Å². The minimum atomic E-state index is -3.51. The van der Waals surface area contributed by atoms with Gasteiger partial charge in [0.1, 0.15) is 4.90 Å². The smallest absolute Gasteiger partial charge is 0.247 e. The van der Waals surface area contributed by atoms with Crippen molar-refractivity contribution in [3.05, 3.63) is 11.4 Å². The van der Waals surface area contributed by atoms with Gasteiger partial charge < -0.3 is 5.32 Å². The molecule has 6 nitrogen and oxygen atoms in total. The lowest BCUT2D eigenvalue weighted by atomic mass is 10.0. The summed E-state index contributed by atoms with van der Waals surface area (Å²) >= 11 is 0. The molecular weight excluding hydrogens is 288 g/mol. The molecule has 2 atom stereocenters. The molecule has 0 aromatic carbocycles. The van der Waals surface area contributed by atoms with Crippen LogP contribution in [0, 0.1) is 6.92 Å². The van der Waals surface area contributed by atoms with Gasteiger partial charge in [-0.3, -0.25) is 5.10 Å². The van der Waals surface area contributed by atoms with Crippen molar-refractivity contribution in [1.29, 1.82) is 0 Å². The fourth-order valence-electron chi connectivity index (χ4n) is 3.15.